The topological polar surface area (TPSA) is 43.7 Å². The van der Waals surface area contributed by atoms with Crippen LogP contribution in [-0.4, -0.2) is 49.4 Å². The Kier molecular flexibility index (Phi) is 7.52. The van der Waals surface area contributed by atoms with Gasteiger partial charge >= 0.3 is 5.97 Å². The van der Waals surface area contributed by atoms with Crippen molar-refractivity contribution in [2.75, 3.05) is 33.9 Å². The molecule has 0 amide bonds. The highest BCUT2D eigenvalue weighted by atomic mass is 16.5. The fourth-order valence-corrected chi connectivity index (χ4v) is 2.65. The summed E-state index contributed by atoms with van der Waals surface area (Å²) in [5.74, 6) is -0.214. The van der Waals surface area contributed by atoms with Crippen LogP contribution in [0.3, 0.4) is 0 Å². The SMILES string of the molecule is COCCCN(CC(=O)OC)Cc1cccn1Cc1ccccc1. The van der Waals surface area contributed by atoms with Crippen molar-refractivity contribution >= 4 is 5.97 Å². The highest BCUT2D eigenvalue weighted by Gasteiger charge is 2.13. The molecule has 0 aliphatic carbocycles. The van der Waals surface area contributed by atoms with E-state index in [9.17, 15) is 4.79 Å². The van der Waals surface area contributed by atoms with Crippen LogP contribution in [-0.2, 0) is 27.4 Å². The highest BCUT2D eigenvalue weighted by molar-refractivity contribution is 5.71. The Balaban J connectivity index is 2.02. The number of esters is 1. The lowest BCUT2D eigenvalue weighted by atomic mass is 10.2. The van der Waals surface area contributed by atoms with Crippen LogP contribution in [0, 0.1) is 0 Å². The summed E-state index contributed by atoms with van der Waals surface area (Å²) in [4.78, 5) is 13.8. The lowest BCUT2D eigenvalue weighted by Crippen LogP contribution is -2.32. The van der Waals surface area contributed by atoms with E-state index < -0.39 is 0 Å². The van der Waals surface area contributed by atoms with Crippen LogP contribution in [0.25, 0.3) is 0 Å². The molecule has 0 aliphatic heterocycles. The van der Waals surface area contributed by atoms with Crippen LogP contribution < -0.4 is 0 Å². The molecule has 1 heterocycles. The van der Waals surface area contributed by atoms with Crippen LogP contribution in [0.15, 0.2) is 48.7 Å². The number of aromatic nitrogens is 1. The molecule has 0 aliphatic rings. The Hall–Kier alpha value is -2.11. The van der Waals surface area contributed by atoms with Crippen molar-refractivity contribution in [1.82, 2.24) is 9.47 Å². The highest BCUT2D eigenvalue weighted by Crippen LogP contribution is 2.11. The maximum absolute atomic E-state index is 11.7. The third kappa shape index (κ3) is 5.83. The average Bonchev–Trinajstić information content (AvgIpc) is 3.02. The van der Waals surface area contributed by atoms with Gasteiger partial charge in [-0.05, 0) is 24.1 Å². The van der Waals surface area contributed by atoms with Crippen molar-refractivity contribution < 1.29 is 14.3 Å². The summed E-state index contributed by atoms with van der Waals surface area (Å²) in [6.07, 6.45) is 2.96. The molecule has 1 aromatic carbocycles. The number of ether oxygens (including phenoxy) is 2. The monoisotopic (exact) mass is 330 g/mol. The van der Waals surface area contributed by atoms with Gasteiger partial charge in [0.1, 0.15) is 0 Å². The summed E-state index contributed by atoms with van der Waals surface area (Å²) in [6.45, 7) is 3.30. The molecule has 5 nitrogen and oxygen atoms in total. The van der Waals surface area contributed by atoms with Gasteiger partial charge in [-0.3, -0.25) is 9.69 Å². The molecular formula is C19H26N2O3. The summed E-state index contributed by atoms with van der Waals surface area (Å²) in [5, 5.41) is 0. The van der Waals surface area contributed by atoms with Crippen LogP contribution >= 0.6 is 0 Å². The summed E-state index contributed by atoms with van der Waals surface area (Å²) in [6, 6.07) is 14.5. The molecule has 0 unspecified atom stereocenters. The zero-order valence-corrected chi connectivity index (χ0v) is 14.5. The fraction of sp³-hybridized carbons (Fsp3) is 0.421. The molecule has 2 rings (SSSR count). The molecule has 24 heavy (non-hydrogen) atoms. The molecule has 0 atom stereocenters. The van der Waals surface area contributed by atoms with Crippen molar-refractivity contribution in [3.63, 3.8) is 0 Å². The van der Waals surface area contributed by atoms with Gasteiger partial charge in [-0.1, -0.05) is 30.3 Å². The van der Waals surface area contributed by atoms with Gasteiger partial charge in [0.25, 0.3) is 0 Å². The van der Waals surface area contributed by atoms with Crippen molar-refractivity contribution in [2.45, 2.75) is 19.5 Å². The number of benzene rings is 1. The first-order valence-electron chi connectivity index (χ1n) is 8.19. The lowest BCUT2D eigenvalue weighted by molar-refractivity contribution is -0.142. The maximum Gasteiger partial charge on any atom is 0.319 e. The van der Waals surface area contributed by atoms with Crippen LogP contribution in [0.1, 0.15) is 17.7 Å². The second-order valence-electron chi connectivity index (χ2n) is 5.75. The smallest absolute Gasteiger partial charge is 0.319 e. The van der Waals surface area contributed by atoms with Gasteiger partial charge in [-0.2, -0.15) is 0 Å². The molecule has 0 saturated carbocycles. The number of hydrogen-bond donors (Lipinski definition) is 0. The van der Waals surface area contributed by atoms with E-state index in [1.807, 2.05) is 24.3 Å². The van der Waals surface area contributed by atoms with Gasteiger partial charge in [0.15, 0.2) is 0 Å². The van der Waals surface area contributed by atoms with E-state index in [0.29, 0.717) is 13.2 Å². The Morgan fingerprint density at radius 2 is 1.92 bits per heavy atom. The average molecular weight is 330 g/mol. The Morgan fingerprint density at radius 1 is 1.12 bits per heavy atom. The first kappa shape index (κ1) is 18.2. The summed E-state index contributed by atoms with van der Waals surface area (Å²) in [5.41, 5.74) is 2.44. The van der Waals surface area contributed by atoms with Crippen molar-refractivity contribution in [2.24, 2.45) is 0 Å². The second kappa shape index (κ2) is 9.90. The second-order valence-corrected chi connectivity index (χ2v) is 5.75. The summed E-state index contributed by atoms with van der Waals surface area (Å²) in [7, 11) is 3.11. The molecule has 5 heteroatoms. The molecule has 0 radical (unpaired) electrons. The normalized spacial score (nSPS) is 11.0. The van der Waals surface area contributed by atoms with E-state index >= 15 is 0 Å². The molecule has 0 saturated heterocycles. The van der Waals surface area contributed by atoms with Crippen molar-refractivity contribution in [3.8, 4) is 0 Å². The van der Waals surface area contributed by atoms with Gasteiger partial charge in [0.2, 0.25) is 0 Å². The third-order valence-corrected chi connectivity index (χ3v) is 3.91. The molecule has 0 fully saturated rings. The number of rotatable bonds is 10. The van der Waals surface area contributed by atoms with Crippen LogP contribution in [0.5, 0.6) is 0 Å². The van der Waals surface area contributed by atoms with E-state index in [1.54, 1.807) is 7.11 Å². The number of hydrogen-bond acceptors (Lipinski definition) is 4. The van der Waals surface area contributed by atoms with Crippen LogP contribution in [0.2, 0.25) is 0 Å². The minimum atomic E-state index is -0.214. The first-order chi connectivity index (χ1) is 11.7. The first-order valence-corrected chi connectivity index (χ1v) is 8.19. The maximum atomic E-state index is 11.7. The third-order valence-electron chi connectivity index (χ3n) is 3.91. The minimum absolute atomic E-state index is 0.214. The predicted molar refractivity (Wildman–Crippen MR) is 93.8 cm³/mol. The quantitative estimate of drug-likeness (QED) is 0.496. The summed E-state index contributed by atoms with van der Waals surface area (Å²) < 4.78 is 12.1. The Labute approximate surface area is 143 Å². The van der Waals surface area contributed by atoms with E-state index in [2.05, 4.69) is 33.9 Å². The Bertz CT molecular complexity index is 610. The standard InChI is InChI=1S/C19H26N2O3/c1-23-13-7-11-20(16-19(22)24-2)15-18-10-6-12-21(18)14-17-8-4-3-5-9-17/h3-6,8-10,12H,7,11,13-16H2,1-2H3. The molecule has 130 valence electrons. The number of nitrogens with zero attached hydrogens (tertiary/aromatic N) is 2. The largest absolute Gasteiger partial charge is 0.468 e. The predicted octanol–water partition coefficient (Wildman–Crippen LogP) is 2.55. The van der Waals surface area contributed by atoms with E-state index in [1.165, 1.54) is 18.4 Å². The molecule has 1 aromatic heterocycles. The zero-order valence-electron chi connectivity index (χ0n) is 14.5. The van der Waals surface area contributed by atoms with Gasteiger partial charge in [0.05, 0.1) is 13.7 Å². The minimum Gasteiger partial charge on any atom is -0.468 e. The molecule has 0 N–H and O–H groups in total. The lowest BCUT2D eigenvalue weighted by Gasteiger charge is -2.22. The molecular weight excluding hydrogens is 304 g/mol. The number of carbonyl (C=O) groups is 1. The molecule has 0 spiro atoms. The van der Waals surface area contributed by atoms with E-state index in [4.69, 9.17) is 9.47 Å². The van der Waals surface area contributed by atoms with Crippen molar-refractivity contribution in [1.29, 1.82) is 0 Å². The van der Waals surface area contributed by atoms with Gasteiger partial charge in [-0.25, -0.2) is 0 Å². The van der Waals surface area contributed by atoms with E-state index in [0.717, 1.165) is 19.5 Å². The van der Waals surface area contributed by atoms with Gasteiger partial charge < -0.3 is 14.0 Å². The number of carbonyl (C=O) groups excluding carboxylic acids is 1. The zero-order chi connectivity index (χ0) is 17.2. The van der Waals surface area contributed by atoms with Crippen molar-refractivity contribution in [3.05, 3.63) is 59.9 Å². The number of methoxy groups -OCH3 is 2. The van der Waals surface area contributed by atoms with E-state index in [-0.39, 0.29) is 12.5 Å². The van der Waals surface area contributed by atoms with Gasteiger partial charge in [0, 0.05) is 45.2 Å². The molecule has 2 aromatic rings. The fourth-order valence-electron chi connectivity index (χ4n) is 2.65. The van der Waals surface area contributed by atoms with Crippen LogP contribution in [0.4, 0.5) is 0 Å². The molecule has 0 bridgehead atoms. The summed E-state index contributed by atoms with van der Waals surface area (Å²) >= 11 is 0. The Morgan fingerprint density at radius 3 is 2.62 bits per heavy atom. The van der Waals surface area contributed by atoms with Gasteiger partial charge in [-0.15, -0.1) is 0 Å².